The Hall–Kier alpha value is -0.690. The highest BCUT2D eigenvalue weighted by Gasteiger charge is 2.18. The van der Waals surface area contributed by atoms with Crippen molar-refractivity contribution in [3.05, 3.63) is 0 Å². The number of hydrazine groups is 1. The van der Waals surface area contributed by atoms with Gasteiger partial charge in [-0.2, -0.15) is 0 Å². The molecule has 6 heteroatoms. The van der Waals surface area contributed by atoms with Gasteiger partial charge in [0.15, 0.2) is 6.10 Å². The highest BCUT2D eigenvalue weighted by atomic mass is 16.6. The first kappa shape index (κ1) is 12.3. The average Bonchev–Trinajstić information content (AvgIpc) is 1.98. The number of nitrogens with two attached hydrogens (primary N) is 1. The maximum atomic E-state index is 10.9. The zero-order valence-corrected chi connectivity index (χ0v) is 7.80. The van der Waals surface area contributed by atoms with Gasteiger partial charge in [0, 0.05) is 0 Å². The smallest absolute Gasteiger partial charge is 0.336 e. The first-order chi connectivity index (χ1) is 5.93. The molecule has 0 spiro atoms. The largest absolute Gasteiger partial charge is 0.463 e. The Morgan fingerprint density at radius 1 is 1.62 bits per heavy atom. The van der Waals surface area contributed by atoms with Gasteiger partial charge in [-0.15, -0.1) is 5.17 Å². The number of hydrogen-bond donors (Lipinski definition) is 3. The first-order valence-electron chi connectivity index (χ1n) is 3.99. The zero-order valence-electron chi connectivity index (χ0n) is 7.80. The summed E-state index contributed by atoms with van der Waals surface area (Å²) in [4.78, 5) is 10.9. The second-order valence-corrected chi connectivity index (χ2v) is 3.16. The molecule has 0 saturated heterocycles. The van der Waals surface area contributed by atoms with Crippen molar-refractivity contribution in [3.63, 3.8) is 0 Å². The van der Waals surface area contributed by atoms with Gasteiger partial charge in [0.2, 0.25) is 0 Å². The van der Waals surface area contributed by atoms with Crippen LogP contribution in [0.4, 0.5) is 0 Å². The van der Waals surface area contributed by atoms with E-state index in [1.807, 2.05) is 13.8 Å². The third kappa shape index (κ3) is 6.47. The molecule has 0 rings (SSSR count). The molecular weight excluding hydrogens is 176 g/mol. The normalized spacial score (nSPS) is 13.5. The minimum Gasteiger partial charge on any atom is -0.463 e. The summed E-state index contributed by atoms with van der Waals surface area (Å²) >= 11 is 0. The number of hydroxylamine groups is 1. The Morgan fingerprint density at radius 2 is 2.15 bits per heavy atom. The highest BCUT2D eigenvalue weighted by Crippen LogP contribution is 1.96. The van der Waals surface area contributed by atoms with Crippen LogP contribution in [0.25, 0.3) is 0 Å². The molecule has 0 fully saturated rings. The quantitative estimate of drug-likeness (QED) is 0.297. The molecule has 0 aliphatic carbocycles. The van der Waals surface area contributed by atoms with E-state index in [2.05, 4.69) is 4.74 Å². The van der Waals surface area contributed by atoms with Crippen LogP contribution in [0.3, 0.4) is 0 Å². The summed E-state index contributed by atoms with van der Waals surface area (Å²) in [6.45, 7) is 3.63. The van der Waals surface area contributed by atoms with E-state index in [0.29, 0.717) is 0 Å². The molecule has 0 bridgehead atoms. The first-order valence-corrected chi connectivity index (χ1v) is 3.99. The van der Waals surface area contributed by atoms with Crippen LogP contribution in [-0.2, 0) is 9.53 Å². The number of rotatable bonds is 5. The van der Waals surface area contributed by atoms with Crippen molar-refractivity contribution in [1.29, 1.82) is 0 Å². The number of carbonyl (C=O) groups is 1. The van der Waals surface area contributed by atoms with Gasteiger partial charge in [0.1, 0.15) is 0 Å². The van der Waals surface area contributed by atoms with Gasteiger partial charge in [0.25, 0.3) is 0 Å². The van der Waals surface area contributed by atoms with E-state index in [1.54, 1.807) is 0 Å². The van der Waals surface area contributed by atoms with E-state index in [9.17, 15) is 4.79 Å². The summed E-state index contributed by atoms with van der Waals surface area (Å²) in [5, 5.41) is 17.8. The highest BCUT2D eigenvalue weighted by molar-refractivity contribution is 5.74. The Bertz CT molecular complexity index is 161. The van der Waals surface area contributed by atoms with Gasteiger partial charge in [-0.05, 0) is 5.92 Å². The topological polar surface area (TPSA) is 96.0 Å². The molecule has 0 aliphatic rings. The molecule has 0 aromatic carbocycles. The summed E-state index contributed by atoms with van der Waals surface area (Å²) in [6.07, 6.45) is -1.41. The minimum atomic E-state index is -1.41. The summed E-state index contributed by atoms with van der Waals surface area (Å²) in [7, 11) is 0. The van der Waals surface area contributed by atoms with Crippen molar-refractivity contribution in [2.45, 2.75) is 20.0 Å². The second kappa shape index (κ2) is 5.87. The molecule has 0 saturated carbocycles. The molecule has 6 nitrogen and oxygen atoms in total. The fourth-order valence-corrected chi connectivity index (χ4v) is 0.597. The van der Waals surface area contributed by atoms with Gasteiger partial charge in [-0.3, -0.25) is 5.21 Å². The van der Waals surface area contributed by atoms with E-state index in [1.165, 1.54) is 0 Å². The number of aliphatic hydroxyl groups excluding tert-OH is 1. The fraction of sp³-hybridized carbons (Fsp3) is 0.857. The van der Waals surface area contributed by atoms with Crippen molar-refractivity contribution in [2.24, 2.45) is 11.8 Å². The van der Waals surface area contributed by atoms with Crippen molar-refractivity contribution >= 4 is 5.97 Å². The second-order valence-electron chi connectivity index (χ2n) is 3.16. The molecule has 1 atom stereocenters. The van der Waals surface area contributed by atoms with Crippen LogP contribution in [0.15, 0.2) is 0 Å². The standard InChI is InChI=1S/C7H16N2O4/c1-5(2)4-13-7(11)6(10)3-9(8)12/h5-6,10,12H,3-4,8H2,1-2H3. The molecule has 0 aromatic rings. The van der Waals surface area contributed by atoms with Crippen molar-refractivity contribution in [2.75, 3.05) is 13.2 Å². The zero-order chi connectivity index (χ0) is 10.4. The van der Waals surface area contributed by atoms with Crippen LogP contribution in [0.2, 0.25) is 0 Å². The van der Waals surface area contributed by atoms with Crippen LogP contribution in [0.1, 0.15) is 13.8 Å². The Balaban J connectivity index is 3.69. The van der Waals surface area contributed by atoms with E-state index in [0.717, 1.165) is 0 Å². The predicted molar refractivity (Wildman–Crippen MR) is 44.5 cm³/mol. The van der Waals surface area contributed by atoms with Gasteiger partial charge >= 0.3 is 5.97 Å². The minimum absolute atomic E-state index is 0.208. The Morgan fingerprint density at radius 3 is 2.54 bits per heavy atom. The lowest BCUT2D eigenvalue weighted by atomic mass is 10.2. The summed E-state index contributed by atoms with van der Waals surface area (Å²) in [5.74, 6) is 4.24. The maximum Gasteiger partial charge on any atom is 0.336 e. The summed E-state index contributed by atoms with van der Waals surface area (Å²) < 4.78 is 4.68. The van der Waals surface area contributed by atoms with Crippen molar-refractivity contribution < 1.29 is 19.8 Å². The van der Waals surface area contributed by atoms with Gasteiger partial charge in [-0.25, -0.2) is 10.6 Å². The SMILES string of the molecule is CC(C)COC(=O)C(O)CN(N)O. The van der Waals surface area contributed by atoms with Crippen LogP contribution in [-0.4, -0.2) is 40.7 Å². The monoisotopic (exact) mass is 192 g/mol. The molecule has 0 radical (unpaired) electrons. The number of hydrogen-bond acceptors (Lipinski definition) is 6. The molecule has 1 unspecified atom stereocenters. The Kier molecular flexibility index (Phi) is 5.56. The number of ether oxygens (including phenoxy) is 1. The molecule has 78 valence electrons. The molecule has 13 heavy (non-hydrogen) atoms. The van der Waals surface area contributed by atoms with Crippen LogP contribution in [0.5, 0.6) is 0 Å². The molecule has 0 amide bonds. The predicted octanol–water partition coefficient (Wildman–Crippen LogP) is -0.889. The van der Waals surface area contributed by atoms with Gasteiger partial charge in [0.05, 0.1) is 13.2 Å². The summed E-state index contributed by atoms with van der Waals surface area (Å²) in [5.41, 5.74) is 0. The van der Waals surface area contributed by atoms with Gasteiger partial charge < -0.3 is 9.84 Å². The van der Waals surface area contributed by atoms with Crippen molar-refractivity contribution in [1.82, 2.24) is 5.17 Å². The number of aliphatic hydroxyl groups is 1. The van der Waals surface area contributed by atoms with E-state index in [4.69, 9.17) is 16.2 Å². The van der Waals surface area contributed by atoms with Crippen molar-refractivity contribution in [3.8, 4) is 0 Å². The van der Waals surface area contributed by atoms with E-state index >= 15 is 0 Å². The lowest BCUT2D eigenvalue weighted by Gasteiger charge is -2.14. The molecule has 0 aromatic heterocycles. The molecular formula is C7H16N2O4. The van der Waals surface area contributed by atoms with Gasteiger partial charge in [-0.1, -0.05) is 13.8 Å². The maximum absolute atomic E-state index is 10.9. The number of esters is 1. The molecule has 0 heterocycles. The van der Waals surface area contributed by atoms with Crippen LogP contribution in [0, 0.1) is 5.92 Å². The van der Waals surface area contributed by atoms with E-state index in [-0.39, 0.29) is 24.2 Å². The van der Waals surface area contributed by atoms with E-state index < -0.39 is 12.1 Å². The third-order valence-electron chi connectivity index (χ3n) is 1.19. The summed E-state index contributed by atoms with van der Waals surface area (Å²) in [6, 6.07) is 0. The lowest BCUT2D eigenvalue weighted by Crippen LogP contribution is -2.40. The average molecular weight is 192 g/mol. The third-order valence-corrected chi connectivity index (χ3v) is 1.19. The molecule has 0 aliphatic heterocycles. The lowest BCUT2D eigenvalue weighted by molar-refractivity contribution is -0.165. The van der Waals surface area contributed by atoms with Crippen LogP contribution < -0.4 is 5.84 Å². The fourth-order valence-electron chi connectivity index (χ4n) is 0.597. The molecule has 4 N–H and O–H groups in total. The Labute approximate surface area is 76.8 Å². The van der Waals surface area contributed by atoms with Crippen LogP contribution >= 0.6 is 0 Å². The number of carbonyl (C=O) groups excluding carboxylic acids is 1. The number of nitrogens with zero attached hydrogens (tertiary/aromatic N) is 1.